The first-order valence-corrected chi connectivity index (χ1v) is 7.67. The van der Waals surface area contributed by atoms with Crippen LogP contribution in [0.2, 0.25) is 0 Å². The van der Waals surface area contributed by atoms with Crippen LogP contribution >= 0.6 is 23.1 Å². The summed E-state index contributed by atoms with van der Waals surface area (Å²) < 4.78 is 0.315. The highest BCUT2D eigenvalue weighted by Gasteiger charge is 2.32. The lowest BCUT2D eigenvalue weighted by molar-refractivity contribution is 0.0702. The topological polar surface area (TPSA) is 62.2 Å². The van der Waals surface area contributed by atoms with Crippen LogP contribution in [0.25, 0.3) is 0 Å². The van der Waals surface area contributed by atoms with E-state index < -0.39 is 5.97 Å². The van der Waals surface area contributed by atoms with Gasteiger partial charge in [-0.1, -0.05) is 24.2 Å². The molecule has 0 saturated heterocycles. The number of nitrogens with one attached hydrogen (secondary N) is 1. The molecular weight excluding hydrogens is 256 g/mol. The molecule has 0 amide bonds. The summed E-state index contributed by atoms with van der Waals surface area (Å²) in [4.78, 5) is 15.1. The number of thiazole rings is 1. The van der Waals surface area contributed by atoms with Gasteiger partial charge in [0.25, 0.3) is 0 Å². The van der Waals surface area contributed by atoms with E-state index in [0.717, 1.165) is 6.54 Å². The van der Waals surface area contributed by atoms with Crippen molar-refractivity contribution in [1.82, 2.24) is 4.98 Å². The van der Waals surface area contributed by atoms with Crippen LogP contribution in [0.4, 0.5) is 5.13 Å². The first-order valence-electron chi connectivity index (χ1n) is 5.63. The average Bonchev–Trinajstić information content (AvgIpc) is 2.96. The second kappa shape index (κ2) is 5.27. The van der Waals surface area contributed by atoms with Crippen molar-refractivity contribution in [2.45, 2.75) is 30.4 Å². The predicted octanol–water partition coefficient (Wildman–Crippen LogP) is 2.93. The Morgan fingerprint density at radius 1 is 1.65 bits per heavy atom. The van der Waals surface area contributed by atoms with Crippen LogP contribution in [-0.4, -0.2) is 33.6 Å². The maximum atomic E-state index is 10.7. The Hall–Kier alpha value is -0.750. The maximum Gasteiger partial charge on any atom is 0.347 e. The van der Waals surface area contributed by atoms with Gasteiger partial charge in [0.1, 0.15) is 4.88 Å². The van der Waals surface area contributed by atoms with Crippen LogP contribution in [0.1, 0.15) is 35.4 Å². The van der Waals surface area contributed by atoms with Crippen LogP contribution in [0.3, 0.4) is 0 Å². The van der Waals surface area contributed by atoms with Crippen LogP contribution in [0, 0.1) is 0 Å². The molecule has 0 spiro atoms. The van der Waals surface area contributed by atoms with E-state index in [1.54, 1.807) is 0 Å². The summed E-state index contributed by atoms with van der Waals surface area (Å²) >= 11 is 3.11. The summed E-state index contributed by atoms with van der Waals surface area (Å²) in [6.45, 7) is 0.876. The molecule has 1 saturated carbocycles. The van der Waals surface area contributed by atoms with E-state index in [1.165, 1.54) is 43.2 Å². The van der Waals surface area contributed by atoms with Crippen LogP contribution in [0.15, 0.2) is 6.20 Å². The number of rotatable bonds is 5. The molecule has 0 aliphatic heterocycles. The number of thioether (sulfide) groups is 1. The molecule has 2 rings (SSSR count). The van der Waals surface area contributed by atoms with Gasteiger partial charge < -0.3 is 10.4 Å². The van der Waals surface area contributed by atoms with E-state index in [4.69, 9.17) is 5.11 Å². The van der Waals surface area contributed by atoms with Gasteiger partial charge in [-0.2, -0.15) is 11.8 Å². The predicted molar refractivity (Wildman–Crippen MR) is 72.3 cm³/mol. The van der Waals surface area contributed by atoms with Crippen LogP contribution < -0.4 is 5.32 Å². The largest absolute Gasteiger partial charge is 0.477 e. The number of aromatic nitrogens is 1. The fraction of sp³-hybridized carbons (Fsp3) is 0.636. The number of aromatic carboxylic acids is 1. The summed E-state index contributed by atoms with van der Waals surface area (Å²) in [5.41, 5.74) is 0. The van der Waals surface area contributed by atoms with Crippen molar-refractivity contribution in [2.75, 3.05) is 18.1 Å². The molecule has 17 heavy (non-hydrogen) atoms. The molecule has 4 nitrogen and oxygen atoms in total. The third-order valence-corrected chi connectivity index (χ3v) is 5.59. The standard InChI is InChI=1S/C11H16N2O2S2/c1-16-11(4-2-3-5-11)7-13-10-12-6-8(17-10)9(14)15/h6H,2-5,7H2,1H3,(H,12,13)(H,14,15). The number of hydrogen-bond acceptors (Lipinski definition) is 5. The van der Waals surface area contributed by atoms with Crippen LogP contribution in [0.5, 0.6) is 0 Å². The fourth-order valence-corrected chi connectivity index (χ4v) is 3.73. The SMILES string of the molecule is CSC1(CNc2ncc(C(=O)O)s2)CCCC1. The molecule has 1 aromatic heterocycles. The molecule has 1 fully saturated rings. The van der Waals surface area contributed by atoms with Crippen molar-refractivity contribution in [1.29, 1.82) is 0 Å². The molecule has 0 radical (unpaired) electrons. The highest BCUT2D eigenvalue weighted by Crippen LogP contribution is 2.40. The fourth-order valence-electron chi connectivity index (χ4n) is 2.16. The van der Waals surface area contributed by atoms with E-state index in [2.05, 4.69) is 16.6 Å². The van der Waals surface area contributed by atoms with Gasteiger partial charge in [0.05, 0.1) is 6.20 Å². The number of carbonyl (C=O) groups is 1. The molecule has 2 N–H and O–H groups in total. The highest BCUT2D eigenvalue weighted by molar-refractivity contribution is 8.00. The molecule has 0 unspecified atom stereocenters. The van der Waals surface area contributed by atoms with Crippen LogP contribution in [-0.2, 0) is 0 Å². The summed E-state index contributed by atoms with van der Waals surface area (Å²) in [6, 6.07) is 0. The summed E-state index contributed by atoms with van der Waals surface area (Å²) in [5.74, 6) is -0.906. The van der Waals surface area contributed by atoms with Gasteiger partial charge in [0.2, 0.25) is 0 Å². The number of carboxylic acid groups (broad SMARTS) is 1. The van der Waals surface area contributed by atoms with E-state index in [1.807, 2.05) is 11.8 Å². The average molecular weight is 272 g/mol. The minimum absolute atomic E-state index is 0.289. The second-order valence-electron chi connectivity index (χ2n) is 4.28. The Balaban J connectivity index is 1.94. The number of carboxylic acids is 1. The van der Waals surface area contributed by atoms with Crippen molar-refractivity contribution < 1.29 is 9.90 Å². The minimum atomic E-state index is -0.906. The molecule has 1 aromatic rings. The molecule has 1 heterocycles. The Kier molecular flexibility index (Phi) is 3.93. The van der Waals surface area contributed by atoms with E-state index in [9.17, 15) is 4.79 Å². The summed E-state index contributed by atoms with van der Waals surface area (Å²) in [5, 5.41) is 12.8. The van der Waals surface area contributed by atoms with Crippen molar-refractivity contribution >= 4 is 34.2 Å². The van der Waals surface area contributed by atoms with E-state index in [-0.39, 0.29) is 4.88 Å². The quantitative estimate of drug-likeness (QED) is 0.863. The molecular formula is C11H16N2O2S2. The molecule has 1 aliphatic rings. The minimum Gasteiger partial charge on any atom is -0.477 e. The zero-order valence-corrected chi connectivity index (χ0v) is 11.4. The Morgan fingerprint density at radius 2 is 2.35 bits per heavy atom. The number of nitrogens with zero attached hydrogens (tertiary/aromatic N) is 1. The molecule has 0 bridgehead atoms. The van der Waals surface area contributed by atoms with Gasteiger partial charge in [0, 0.05) is 11.3 Å². The number of anilines is 1. The summed E-state index contributed by atoms with van der Waals surface area (Å²) in [7, 11) is 0. The number of hydrogen-bond donors (Lipinski definition) is 2. The molecule has 0 aromatic carbocycles. The van der Waals surface area contributed by atoms with Gasteiger partial charge in [-0.25, -0.2) is 9.78 Å². The first kappa shape index (κ1) is 12.7. The zero-order valence-electron chi connectivity index (χ0n) is 9.73. The van der Waals surface area contributed by atoms with Gasteiger partial charge in [0.15, 0.2) is 5.13 Å². The first-order chi connectivity index (χ1) is 8.15. The Morgan fingerprint density at radius 3 is 2.88 bits per heavy atom. The van der Waals surface area contributed by atoms with E-state index in [0.29, 0.717) is 9.88 Å². The van der Waals surface area contributed by atoms with E-state index >= 15 is 0 Å². The van der Waals surface area contributed by atoms with Crippen molar-refractivity contribution in [2.24, 2.45) is 0 Å². The molecule has 94 valence electrons. The molecule has 1 aliphatic carbocycles. The highest BCUT2D eigenvalue weighted by atomic mass is 32.2. The second-order valence-corrected chi connectivity index (χ2v) is 6.59. The molecule has 0 atom stereocenters. The van der Waals surface area contributed by atoms with Gasteiger partial charge in [-0.3, -0.25) is 0 Å². The Labute approximate surface area is 109 Å². The molecule has 6 heteroatoms. The zero-order chi connectivity index (χ0) is 12.3. The normalized spacial score (nSPS) is 18.2. The smallest absolute Gasteiger partial charge is 0.347 e. The third kappa shape index (κ3) is 2.93. The monoisotopic (exact) mass is 272 g/mol. The Bertz CT molecular complexity index is 400. The van der Waals surface area contributed by atoms with Crippen molar-refractivity contribution in [3.05, 3.63) is 11.1 Å². The van der Waals surface area contributed by atoms with Crippen molar-refractivity contribution in [3.8, 4) is 0 Å². The lowest BCUT2D eigenvalue weighted by atomic mass is 10.1. The lowest BCUT2D eigenvalue weighted by Crippen LogP contribution is -2.29. The third-order valence-electron chi connectivity index (χ3n) is 3.23. The van der Waals surface area contributed by atoms with Crippen molar-refractivity contribution in [3.63, 3.8) is 0 Å². The van der Waals surface area contributed by atoms with Gasteiger partial charge in [-0.15, -0.1) is 0 Å². The van der Waals surface area contributed by atoms with Gasteiger partial charge >= 0.3 is 5.97 Å². The lowest BCUT2D eigenvalue weighted by Gasteiger charge is -2.26. The maximum absolute atomic E-state index is 10.7. The summed E-state index contributed by atoms with van der Waals surface area (Å²) in [6.07, 6.45) is 8.62. The van der Waals surface area contributed by atoms with Gasteiger partial charge in [-0.05, 0) is 19.1 Å².